The van der Waals surface area contributed by atoms with Crippen LogP contribution in [0.3, 0.4) is 0 Å². The molecule has 0 saturated heterocycles. The average Bonchev–Trinajstić information content (AvgIpc) is 2.25. The second-order valence-electron chi connectivity index (χ2n) is 4.02. The van der Waals surface area contributed by atoms with E-state index in [9.17, 15) is 28.1 Å². The van der Waals surface area contributed by atoms with Gasteiger partial charge in [0.1, 0.15) is 0 Å². The van der Waals surface area contributed by atoms with Crippen molar-refractivity contribution in [2.24, 2.45) is 0 Å². The van der Waals surface area contributed by atoms with Crippen LogP contribution in [0.1, 0.15) is 23.7 Å². The van der Waals surface area contributed by atoms with Crippen LogP contribution in [0.2, 0.25) is 0 Å². The summed E-state index contributed by atoms with van der Waals surface area (Å²) >= 11 is 0. The molecule has 1 aromatic heterocycles. The maximum Gasteiger partial charge on any atom is 0.391 e. The summed E-state index contributed by atoms with van der Waals surface area (Å²) in [5.74, 6) is -1.83. The molecule has 0 aliphatic heterocycles. The lowest BCUT2D eigenvalue weighted by Gasteiger charge is -2.16. The van der Waals surface area contributed by atoms with E-state index in [0.29, 0.717) is 0 Å². The van der Waals surface area contributed by atoms with Gasteiger partial charge in [-0.15, -0.1) is 0 Å². The predicted molar refractivity (Wildman–Crippen MR) is 61.6 cm³/mol. The third kappa shape index (κ3) is 4.37. The smallest absolute Gasteiger partial charge is 0.391 e. The van der Waals surface area contributed by atoms with Crippen LogP contribution in [-0.2, 0) is 0 Å². The number of nitrogens with one attached hydrogen (secondary N) is 1. The highest BCUT2D eigenvalue weighted by Crippen LogP contribution is 2.27. The normalized spacial score (nSPS) is 12.8. The first-order chi connectivity index (χ1) is 9.10. The lowest BCUT2D eigenvalue weighted by atomic mass is 10.2. The number of rotatable bonds is 5. The molecule has 1 atom stereocenters. The van der Waals surface area contributed by atoms with Gasteiger partial charge < -0.3 is 10.4 Å². The summed E-state index contributed by atoms with van der Waals surface area (Å²) in [6, 6.07) is -0.408. The minimum Gasteiger partial charge on any atom is -0.478 e. The molecular formula is C10H10F3N3O4. The number of pyridine rings is 1. The maximum atomic E-state index is 12.2. The van der Waals surface area contributed by atoms with Gasteiger partial charge in [0.2, 0.25) is 5.82 Å². The average molecular weight is 293 g/mol. The molecule has 20 heavy (non-hydrogen) atoms. The molecule has 0 aromatic carbocycles. The van der Waals surface area contributed by atoms with Gasteiger partial charge in [-0.2, -0.15) is 13.2 Å². The number of aromatic nitrogens is 1. The van der Waals surface area contributed by atoms with Crippen LogP contribution in [0, 0.1) is 10.1 Å². The zero-order chi connectivity index (χ0) is 15.5. The molecule has 0 saturated carbocycles. The molecule has 2 N–H and O–H groups in total. The Balaban J connectivity index is 3.00. The number of carboxylic acid groups (broad SMARTS) is 1. The molecule has 0 spiro atoms. The Morgan fingerprint density at radius 1 is 1.60 bits per heavy atom. The zero-order valence-corrected chi connectivity index (χ0v) is 10.1. The van der Waals surface area contributed by atoms with E-state index in [2.05, 4.69) is 10.3 Å². The first-order valence-corrected chi connectivity index (χ1v) is 5.31. The predicted octanol–water partition coefficient (Wildman–Crippen LogP) is 2.44. The van der Waals surface area contributed by atoms with E-state index in [0.717, 1.165) is 12.3 Å². The quantitative estimate of drug-likeness (QED) is 0.638. The number of aromatic carboxylic acids is 1. The molecule has 1 heterocycles. The highest BCUT2D eigenvalue weighted by molar-refractivity contribution is 5.88. The van der Waals surface area contributed by atoms with Crippen LogP contribution in [0.4, 0.5) is 24.7 Å². The van der Waals surface area contributed by atoms with Gasteiger partial charge in [-0.3, -0.25) is 10.1 Å². The van der Waals surface area contributed by atoms with Crippen LogP contribution in [0.25, 0.3) is 0 Å². The van der Waals surface area contributed by atoms with Crippen molar-refractivity contribution in [3.05, 3.63) is 27.9 Å². The number of hydrogen-bond acceptors (Lipinski definition) is 5. The number of nitro groups is 1. The number of anilines is 1. The van der Waals surface area contributed by atoms with Crippen LogP contribution < -0.4 is 5.32 Å². The Kier molecular flexibility index (Phi) is 4.48. The molecule has 1 rings (SSSR count). The number of alkyl halides is 3. The van der Waals surface area contributed by atoms with E-state index in [1.165, 1.54) is 6.92 Å². The van der Waals surface area contributed by atoms with Crippen molar-refractivity contribution in [1.29, 1.82) is 0 Å². The van der Waals surface area contributed by atoms with Gasteiger partial charge in [0.15, 0.2) is 0 Å². The molecule has 0 aliphatic carbocycles. The first-order valence-electron chi connectivity index (χ1n) is 5.31. The van der Waals surface area contributed by atoms with E-state index in [-0.39, 0.29) is 0 Å². The third-order valence-corrected chi connectivity index (χ3v) is 2.23. The van der Waals surface area contributed by atoms with Crippen molar-refractivity contribution in [3.63, 3.8) is 0 Å². The van der Waals surface area contributed by atoms with E-state index in [4.69, 9.17) is 5.11 Å². The largest absolute Gasteiger partial charge is 0.478 e. The third-order valence-electron chi connectivity index (χ3n) is 2.23. The van der Waals surface area contributed by atoms with E-state index in [1.807, 2.05) is 0 Å². The number of hydrogen-bond donors (Lipinski definition) is 2. The van der Waals surface area contributed by atoms with Crippen molar-refractivity contribution in [3.8, 4) is 0 Å². The Morgan fingerprint density at radius 3 is 2.65 bits per heavy atom. The highest BCUT2D eigenvalue weighted by Gasteiger charge is 2.31. The van der Waals surface area contributed by atoms with Gasteiger partial charge in [-0.05, 0) is 6.92 Å². The van der Waals surface area contributed by atoms with Gasteiger partial charge in [0, 0.05) is 18.3 Å². The molecule has 1 unspecified atom stereocenters. The molecule has 0 fully saturated rings. The van der Waals surface area contributed by atoms with Crippen molar-refractivity contribution >= 4 is 17.5 Å². The summed E-state index contributed by atoms with van der Waals surface area (Å²) in [4.78, 5) is 24.0. The van der Waals surface area contributed by atoms with Gasteiger partial charge in [-0.1, -0.05) is 0 Å². The second-order valence-corrected chi connectivity index (χ2v) is 4.02. The van der Waals surface area contributed by atoms with Crippen LogP contribution in [0.15, 0.2) is 12.3 Å². The lowest BCUT2D eigenvalue weighted by Crippen LogP contribution is -2.24. The minimum absolute atomic E-state index is 0.406. The Labute approximate surface area is 110 Å². The summed E-state index contributed by atoms with van der Waals surface area (Å²) in [6.07, 6.45) is -4.80. The van der Waals surface area contributed by atoms with E-state index >= 15 is 0 Å². The summed E-state index contributed by atoms with van der Waals surface area (Å²) in [7, 11) is 0. The van der Waals surface area contributed by atoms with Gasteiger partial charge in [-0.25, -0.2) is 9.78 Å². The molecule has 1 aromatic rings. The van der Waals surface area contributed by atoms with Crippen LogP contribution >= 0.6 is 0 Å². The summed E-state index contributed by atoms with van der Waals surface area (Å²) < 4.78 is 36.5. The summed E-state index contributed by atoms with van der Waals surface area (Å²) in [6.45, 7) is 1.18. The lowest BCUT2D eigenvalue weighted by molar-refractivity contribution is -0.384. The van der Waals surface area contributed by atoms with Crippen LogP contribution in [-0.4, -0.2) is 33.2 Å². The number of nitrogens with zero attached hydrogens (tertiary/aromatic N) is 2. The fourth-order valence-electron chi connectivity index (χ4n) is 1.45. The molecule has 110 valence electrons. The van der Waals surface area contributed by atoms with Crippen molar-refractivity contribution in [1.82, 2.24) is 4.98 Å². The number of carboxylic acids is 1. The summed E-state index contributed by atoms with van der Waals surface area (Å²) in [5.41, 5.74) is -1.12. The van der Waals surface area contributed by atoms with Gasteiger partial charge in [0.05, 0.1) is 16.9 Å². The second kappa shape index (κ2) is 5.72. The Hall–Kier alpha value is -2.39. The number of halogens is 3. The highest BCUT2D eigenvalue weighted by atomic mass is 19.4. The SMILES string of the molecule is CC(CC(F)(F)F)Nc1ncc(C(=O)O)cc1[N+](=O)[O-]. The fourth-order valence-corrected chi connectivity index (χ4v) is 1.45. The molecule has 10 heteroatoms. The van der Waals surface area contributed by atoms with Gasteiger partial charge in [0.25, 0.3) is 0 Å². The Bertz CT molecular complexity index is 533. The van der Waals surface area contributed by atoms with Crippen LogP contribution in [0.5, 0.6) is 0 Å². The molecular weight excluding hydrogens is 283 g/mol. The molecule has 0 radical (unpaired) electrons. The Morgan fingerprint density at radius 2 is 2.20 bits per heavy atom. The maximum absolute atomic E-state index is 12.2. The molecule has 0 aliphatic rings. The first kappa shape index (κ1) is 15.7. The van der Waals surface area contributed by atoms with Crippen molar-refractivity contribution < 1.29 is 28.0 Å². The fraction of sp³-hybridized carbons (Fsp3) is 0.400. The molecule has 7 nitrogen and oxygen atoms in total. The summed E-state index contributed by atoms with van der Waals surface area (Å²) in [5, 5.41) is 21.7. The molecule has 0 amide bonds. The van der Waals surface area contributed by atoms with E-state index in [1.54, 1.807) is 0 Å². The molecule has 0 bridgehead atoms. The monoisotopic (exact) mass is 293 g/mol. The van der Waals surface area contributed by atoms with Crippen molar-refractivity contribution in [2.75, 3.05) is 5.32 Å². The van der Waals surface area contributed by atoms with Crippen molar-refractivity contribution in [2.45, 2.75) is 25.6 Å². The standard InChI is InChI=1S/C10H10F3N3O4/c1-5(3-10(11,12)13)15-8-7(16(19)20)2-6(4-14-8)9(17)18/h2,4-5H,3H2,1H3,(H,14,15)(H,17,18). The topological polar surface area (TPSA) is 105 Å². The number of carbonyl (C=O) groups is 1. The van der Waals surface area contributed by atoms with Gasteiger partial charge >= 0.3 is 17.8 Å². The van der Waals surface area contributed by atoms with E-state index < -0.39 is 46.6 Å². The zero-order valence-electron chi connectivity index (χ0n) is 10.1. The minimum atomic E-state index is -4.43.